The number of nitrogens with zero attached hydrogens (tertiary/aromatic N) is 1. The lowest BCUT2D eigenvalue weighted by Gasteiger charge is -2.30. The molecule has 2 unspecified atom stereocenters. The number of thiocarbonyl (C=S) groups is 1. The van der Waals surface area contributed by atoms with Crippen molar-refractivity contribution in [2.24, 2.45) is 5.73 Å². The number of hydrogen-bond donors (Lipinski definition) is 1. The molecule has 2 atom stereocenters. The largest absolute Gasteiger partial charge is 0.392 e. The Morgan fingerprint density at radius 2 is 2.25 bits per heavy atom. The normalized spacial score (nSPS) is 30.4. The SMILES string of the molecule is NC(=S)C1CCCN1C(=O)C1COCCO1. The fourth-order valence-corrected chi connectivity index (χ4v) is 2.39. The number of carbonyl (C=O) groups is 1. The number of hydrogen-bond acceptors (Lipinski definition) is 4. The zero-order valence-corrected chi connectivity index (χ0v) is 9.87. The van der Waals surface area contributed by atoms with E-state index >= 15 is 0 Å². The molecule has 2 aliphatic rings. The Bertz CT molecular complexity index is 292. The van der Waals surface area contributed by atoms with Crippen LogP contribution in [-0.4, -0.2) is 54.3 Å². The lowest BCUT2D eigenvalue weighted by Crippen LogP contribution is -2.50. The molecule has 2 heterocycles. The molecule has 2 aliphatic heterocycles. The summed E-state index contributed by atoms with van der Waals surface area (Å²) in [5.41, 5.74) is 5.62. The van der Waals surface area contributed by atoms with Gasteiger partial charge in [0.1, 0.15) is 0 Å². The minimum absolute atomic E-state index is 0.0463. The molecule has 2 N–H and O–H groups in total. The van der Waals surface area contributed by atoms with Crippen LogP contribution in [0.15, 0.2) is 0 Å². The highest BCUT2D eigenvalue weighted by molar-refractivity contribution is 7.80. The smallest absolute Gasteiger partial charge is 0.254 e. The van der Waals surface area contributed by atoms with Gasteiger partial charge >= 0.3 is 0 Å². The molecule has 0 radical (unpaired) electrons. The van der Waals surface area contributed by atoms with Crippen LogP contribution in [0.1, 0.15) is 12.8 Å². The highest BCUT2D eigenvalue weighted by Gasteiger charge is 2.35. The summed E-state index contributed by atoms with van der Waals surface area (Å²) in [6.45, 7) is 2.07. The monoisotopic (exact) mass is 244 g/mol. The average Bonchev–Trinajstić information content (AvgIpc) is 2.78. The van der Waals surface area contributed by atoms with Gasteiger partial charge in [0, 0.05) is 6.54 Å². The maximum absolute atomic E-state index is 12.1. The van der Waals surface area contributed by atoms with Gasteiger partial charge in [0.05, 0.1) is 30.9 Å². The second-order valence-corrected chi connectivity index (χ2v) is 4.50. The molecule has 2 rings (SSSR count). The van der Waals surface area contributed by atoms with E-state index in [1.165, 1.54) is 0 Å². The van der Waals surface area contributed by atoms with Gasteiger partial charge in [-0.25, -0.2) is 0 Å². The molecule has 16 heavy (non-hydrogen) atoms. The topological polar surface area (TPSA) is 64.8 Å². The molecule has 0 aromatic heterocycles. The molecule has 2 saturated heterocycles. The molecular formula is C10H16N2O3S. The van der Waals surface area contributed by atoms with Crippen molar-refractivity contribution < 1.29 is 14.3 Å². The van der Waals surface area contributed by atoms with E-state index in [1.54, 1.807) is 4.90 Å². The van der Waals surface area contributed by atoms with Gasteiger partial charge in [-0.1, -0.05) is 12.2 Å². The van der Waals surface area contributed by atoms with Crippen molar-refractivity contribution in [3.8, 4) is 0 Å². The molecule has 0 aromatic rings. The number of ether oxygens (including phenoxy) is 2. The van der Waals surface area contributed by atoms with Crippen molar-refractivity contribution in [2.45, 2.75) is 25.0 Å². The summed E-state index contributed by atoms with van der Waals surface area (Å²) >= 11 is 4.96. The Morgan fingerprint density at radius 1 is 1.44 bits per heavy atom. The van der Waals surface area contributed by atoms with E-state index in [2.05, 4.69) is 0 Å². The first-order valence-corrected chi connectivity index (χ1v) is 5.90. The number of amides is 1. The Hall–Kier alpha value is -0.720. The van der Waals surface area contributed by atoms with Gasteiger partial charge in [-0.3, -0.25) is 4.79 Å². The van der Waals surface area contributed by atoms with Crippen LogP contribution in [0.3, 0.4) is 0 Å². The van der Waals surface area contributed by atoms with Crippen LogP contribution < -0.4 is 5.73 Å². The van der Waals surface area contributed by atoms with Gasteiger partial charge in [-0.2, -0.15) is 0 Å². The van der Waals surface area contributed by atoms with E-state index in [1.807, 2.05) is 0 Å². The zero-order valence-electron chi connectivity index (χ0n) is 9.05. The number of carbonyl (C=O) groups excluding carboxylic acids is 1. The van der Waals surface area contributed by atoms with Crippen LogP contribution in [0.5, 0.6) is 0 Å². The predicted octanol–water partition coefficient (Wildman–Crippen LogP) is -0.321. The first kappa shape index (κ1) is 11.8. The fraction of sp³-hybridized carbons (Fsp3) is 0.800. The van der Waals surface area contributed by atoms with Crippen LogP contribution in [0.4, 0.5) is 0 Å². The fourth-order valence-electron chi connectivity index (χ4n) is 2.14. The van der Waals surface area contributed by atoms with Crippen molar-refractivity contribution in [1.82, 2.24) is 4.90 Å². The van der Waals surface area contributed by atoms with Gasteiger partial charge in [-0.05, 0) is 12.8 Å². The summed E-state index contributed by atoms with van der Waals surface area (Å²) in [6, 6.07) is -0.104. The third-order valence-electron chi connectivity index (χ3n) is 2.96. The maximum atomic E-state index is 12.1. The van der Waals surface area contributed by atoms with Crippen LogP contribution in [0.25, 0.3) is 0 Å². The van der Waals surface area contributed by atoms with Crippen molar-refractivity contribution in [2.75, 3.05) is 26.4 Å². The van der Waals surface area contributed by atoms with Gasteiger partial charge in [-0.15, -0.1) is 0 Å². The Kier molecular flexibility index (Phi) is 3.73. The standard InChI is InChI=1S/C10H16N2O3S/c11-9(16)7-2-1-3-12(7)10(13)8-6-14-4-5-15-8/h7-8H,1-6H2,(H2,11,16). The van der Waals surface area contributed by atoms with Crippen molar-refractivity contribution in [3.05, 3.63) is 0 Å². The van der Waals surface area contributed by atoms with E-state index in [4.69, 9.17) is 27.4 Å². The molecule has 1 amide bonds. The third kappa shape index (κ3) is 2.34. The second kappa shape index (κ2) is 5.07. The molecule has 6 heteroatoms. The van der Waals surface area contributed by atoms with Crippen molar-refractivity contribution >= 4 is 23.1 Å². The highest BCUT2D eigenvalue weighted by Crippen LogP contribution is 2.20. The van der Waals surface area contributed by atoms with Crippen LogP contribution in [-0.2, 0) is 14.3 Å². The molecule has 0 saturated carbocycles. The molecule has 0 aliphatic carbocycles. The minimum atomic E-state index is -0.483. The van der Waals surface area contributed by atoms with Gasteiger partial charge < -0.3 is 20.1 Å². The zero-order chi connectivity index (χ0) is 11.5. The van der Waals surface area contributed by atoms with E-state index in [9.17, 15) is 4.79 Å². The average molecular weight is 244 g/mol. The van der Waals surface area contributed by atoms with Crippen molar-refractivity contribution in [1.29, 1.82) is 0 Å². The predicted molar refractivity (Wildman–Crippen MR) is 62.1 cm³/mol. The first-order chi connectivity index (χ1) is 7.70. The number of nitrogens with two attached hydrogens (primary N) is 1. The van der Waals surface area contributed by atoms with Gasteiger partial charge in [0.15, 0.2) is 6.10 Å². The molecule has 5 nitrogen and oxygen atoms in total. The van der Waals surface area contributed by atoms with E-state index < -0.39 is 6.10 Å². The number of likely N-dealkylation sites (tertiary alicyclic amines) is 1. The maximum Gasteiger partial charge on any atom is 0.254 e. The lowest BCUT2D eigenvalue weighted by atomic mass is 10.2. The summed E-state index contributed by atoms with van der Waals surface area (Å²) < 4.78 is 10.6. The summed E-state index contributed by atoms with van der Waals surface area (Å²) in [7, 11) is 0. The molecule has 0 bridgehead atoms. The van der Waals surface area contributed by atoms with Crippen LogP contribution in [0, 0.1) is 0 Å². The molecule has 90 valence electrons. The second-order valence-electron chi connectivity index (χ2n) is 4.03. The van der Waals surface area contributed by atoms with Gasteiger partial charge in [0.25, 0.3) is 5.91 Å². The van der Waals surface area contributed by atoms with E-state index in [0.717, 1.165) is 12.8 Å². The summed E-state index contributed by atoms with van der Waals surface area (Å²) in [4.78, 5) is 14.2. The Labute approximate surface area is 99.9 Å². The molecule has 0 spiro atoms. The van der Waals surface area contributed by atoms with E-state index in [-0.39, 0.29) is 11.9 Å². The lowest BCUT2D eigenvalue weighted by molar-refractivity contribution is -0.157. The van der Waals surface area contributed by atoms with Crippen molar-refractivity contribution in [3.63, 3.8) is 0 Å². The summed E-state index contributed by atoms with van der Waals surface area (Å²) in [5.74, 6) is -0.0463. The quantitative estimate of drug-likeness (QED) is 0.674. The molecular weight excluding hydrogens is 228 g/mol. The third-order valence-corrected chi connectivity index (χ3v) is 3.23. The summed E-state index contributed by atoms with van der Waals surface area (Å²) in [6.07, 6.45) is 1.32. The minimum Gasteiger partial charge on any atom is -0.392 e. The molecule has 2 fully saturated rings. The van der Waals surface area contributed by atoms with E-state index in [0.29, 0.717) is 31.4 Å². The van der Waals surface area contributed by atoms with Crippen LogP contribution in [0.2, 0.25) is 0 Å². The highest BCUT2D eigenvalue weighted by atomic mass is 32.1. The Morgan fingerprint density at radius 3 is 2.88 bits per heavy atom. The summed E-state index contributed by atoms with van der Waals surface area (Å²) in [5, 5.41) is 0. The number of rotatable bonds is 2. The van der Waals surface area contributed by atoms with Crippen LogP contribution >= 0.6 is 12.2 Å². The Balaban J connectivity index is 1.99. The van der Waals surface area contributed by atoms with Gasteiger partial charge in [0.2, 0.25) is 0 Å². The molecule has 0 aromatic carbocycles. The first-order valence-electron chi connectivity index (χ1n) is 5.49.